The summed E-state index contributed by atoms with van der Waals surface area (Å²) >= 11 is 3.68. The third-order valence-corrected chi connectivity index (χ3v) is 0.549. The number of hydrogen-bond acceptors (Lipinski definition) is 2. The summed E-state index contributed by atoms with van der Waals surface area (Å²) in [4.78, 5) is 9.55. The molecule has 0 unspecified atom stereocenters. The number of carboxylic acid groups (broad SMARTS) is 1. The summed E-state index contributed by atoms with van der Waals surface area (Å²) in [6.07, 6.45) is 0.156. The van der Waals surface area contributed by atoms with Crippen LogP contribution in [0.15, 0.2) is 0 Å². The van der Waals surface area contributed by atoms with Gasteiger partial charge in [0.1, 0.15) is 0 Å². The molecule has 0 amide bonds. The van der Waals surface area contributed by atoms with Crippen LogP contribution in [0.25, 0.3) is 0 Å². The van der Waals surface area contributed by atoms with Gasteiger partial charge in [-0.25, -0.2) is 0 Å². The Labute approximate surface area is 61.4 Å². The zero-order valence-electron chi connectivity index (χ0n) is 5.22. The molecule has 0 rings (SSSR count). The molecule has 0 spiro atoms. The molecule has 0 aromatic rings. The molecule has 0 saturated carbocycles. The van der Waals surface area contributed by atoms with E-state index in [9.17, 15) is 4.79 Å². The molecule has 0 aliphatic carbocycles. The molecule has 0 saturated heterocycles. The number of carbonyl (C=O) groups is 1. The van der Waals surface area contributed by atoms with Crippen molar-refractivity contribution < 1.29 is 30.2 Å². The fourth-order valence-corrected chi connectivity index (χ4v) is 0.287. The van der Waals surface area contributed by atoms with E-state index in [1.54, 1.807) is 0 Å². The molecule has 38 valence electrons. The molecule has 0 bridgehead atoms. The number of hydrogen-bond donors (Lipinski definition) is 2. The van der Waals surface area contributed by atoms with Crippen LogP contribution in [0.4, 0.5) is 0 Å². The molecule has 2 nitrogen and oxygen atoms in total. The summed E-state index contributed by atoms with van der Waals surface area (Å²) in [5.41, 5.74) is 0. The molecule has 0 atom stereocenters. The second-order valence-corrected chi connectivity index (χ2v) is 1.31. The van der Waals surface area contributed by atoms with E-state index in [-0.39, 0.29) is 26.7 Å². The third-order valence-electron chi connectivity index (χ3n) is 0.326. The standard InChI is InChI=1S/C3H6O2S.Li.H/c4-3(5)1-2-6;;/h6H,1-2H2,(H,4,5);;/q;+1;-1. The minimum atomic E-state index is -0.787. The Bertz CT molecular complexity index is 61.2. The van der Waals surface area contributed by atoms with Gasteiger partial charge in [-0.3, -0.25) is 4.79 Å². The molecule has 0 aliphatic heterocycles. The predicted octanol–water partition coefficient (Wildman–Crippen LogP) is -2.49. The molecule has 0 aromatic heterocycles. The van der Waals surface area contributed by atoms with Gasteiger partial charge in [0.25, 0.3) is 0 Å². The number of carboxylic acids is 1. The minimum Gasteiger partial charge on any atom is -1.00 e. The number of thiol groups is 1. The first-order chi connectivity index (χ1) is 2.77. The van der Waals surface area contributed by atoms with E-state index in [0.717, 1.165) is 0 Å². The molecule has 0 aliphatic rings. The summed E-state index contributed by atoms with van der Waals surface area (Å²) in [6.45, 7) is 0. The van der Waals surface area contributed by atoms with Gasteiger partial charge < -0.3 is 6.53 Å². The van der Waals surface area contributed by atoms with Crippen LogP contribution >= 0.6 is 12.6 Å². The quantitative estimate of drug-likeness (QED) is 0.308. The van der Waals surface area contributed by atoms with Crippen molar-refractivity contribution >= 4 is 18.6 Å². The van der Waals surface area contributed by atoms with Crippen molar-refractivity contribution in [1.29, 1.82) is 0 Å². The van der Waals surface area contributed by atoms with Crippen LogP contribution in [0, 0.1) is 0 Å². The summed E-state index contributed by atoms with van der Waals surface area (Å²) in [7, 11) is 0. The van der Waals surface area contributed by atoms with E-state index < -0.39 is 5.97 Å². The Balaban J connectivity index is -0.000000125. The predicted molar refractivity (Wildman–Crippen MR) is 27.2 cm³/mol. The smallest absolute Gasteiger partial charge is 1.00 e. The number of aliphatic carboxylic acids is 1. The summed E-state index contributed by atoms with van der Waals surface area (Å²) in [5.74, 6) is -0.361. The largest absolute Gasteiger partial charge is 1.00 e. The average Bonchev–Trinajstić information content (AvgIpc) is 1.35. The molecule has 0 heterocycles. The maximum atomic E-state index is 9.55. The van der Waals surface area contributed by atoms with Gasteiger partial charge in [0.05, 0.1) is 6.42 Å². The maximum absolute atomic E-state index is 9.55. The maximum Gasteiger partial charge on any atom is 1.00 e. The first-order valence-electron chi connectivity index (χ1n) is 1.60. The van der Waals surface area contributed by atoms with E-state index in [1.165, 1.54) is 0 Å². The van der Waals surface area contributed by atoms with Gasteiger partial charge in [-0.15, -0.1) is 0 Å². The van der Waals surface area contributed by atoms with Crippen LogP contribution in [0.3, 0.4) is 0 Å². The molecule has 0 fully saturated rings. The zero-order valence-corrected chi connectivity index (χ0v) is 5.11. The van der Waals surface area contributed by atoms with E-state index >= 15 is 0 Å². The van der Waals surface area contributed by atoms with Gasteiger partial charge in [-0.1, -0.05) is 0 Å². The topological polar surface area (TPSA) is 37.3 Å². The summed E-state index contributed by atoms with van der Waals surface area (Å²) < 4.78 is 0. The fourth-order valence-electron chi connectivity index (χ4n) is 0.0956. The molecule has 0 aromatic carbocycles. The monoisotopic (exact) mass is 114 g/mol. The van der Waals surface area contributed by atoms with Gasteiger partial charge in [-0.2, -0.15) is 12.6 Å². The Morgan fingerprint density at radius 2 is 2.29 bits per heavy atom. The second kappa shape index (κ2) is 6.42. The van der Waals surface area contributed by atoms with Gasteiger partial charge in [0.2, 0.25) is 0 Å². The second-order valence-electron chi connectivity index (χ2n) is 0.867. The SMILES string of the molecule is O=C(O)CCS.[H-].[Li+]. The van der Waals surface area contributed by atoms with Crippen molar-refractivity contribution in [1.82, 2.24) is 0 Å². The third kappa shape index (κ3) is 10.7. The van der Waals surface area contributed by atoms with E-state index in [2.05, 4.69) is 12.6 Å². The van der Waals surface area contributed by atoms with Crippen LogP contribution in [-0.4, -0.2) is 16.8 Å². The first-order valence-corrected chi connectivity index (χ1v) is 2.23. The Morgan fingerprint density at radius 3 is 2.29 bits per heavy atom. The Kier molecular flexibility index (Phi) is 9.54. The molecule has 0 radical (unpaired) electrons. The minimum absolute atomic E-state index is 0. The average molecular weight is 114 g/mol. The van der Waals surface area contributed by atoms with Crippen LogP contribution in [0.5, 0.6) is 0 Å². The van der Waals surface area contributed by atoms with Crippen molar-refractivity contribution in [3.8, 4) is 0 Å². The fraction of sp³-hybridized carbons (Fsp3) is 0.667. The molecule has 1 N–H and O–H groups in total. The van der Waals surface area contributed by atoms with E-state index in [1.807, 2.05) is 0 Å². The molecular weight excluding hydrogens is 107 g/mol. The van der Waals surface area contributed by atoms with Gasteiger partial charge in [0, 0.05) is 5.75 Å². The van der Waals surface area contributed by atoms with Gasteiger partial charge in [-0.05, 0) is 0 Å². The van der Waals surface area contributed by atoms with Crippen molar-refractivity contribution in [3.05, 3.63) is 0 Å². The Hall–Kier alpha value is 0.417. The Morgan fingerprint density at radius 1 is 1.86 bits per heavy atom. The van der Waals surface area contributed by atoms with E-state index in [4.69, 9.17) is 5.11 Å². The number of rotatable bonds is 2. The molecule has 7 heavy (non-hydrogen) atoms. The van der Waals surface area contributed by atoms with Crippen molar-refractivity contribution in [2.45, 2.75) is 6.42 Å². The van der Waals surface area contributed by atoms with Crippen molar-refractivity contribution in [2.75, 3.05) is 5.75 Å². The summed E-state index contributed by atoms with van der Waals surface area (Å²) in [5, 5.41) is 7.86. The normalized spacial score (nSPS) is 7.00. The van der Waals surface area contributed by atoms with Gasteiger partial charge in [0.15, 0.2) is 0 Å². The van der Waals surface area contributed by atoms with Crippen LogP contribution in [0.2, 0.25) is 0 Å². The zero-order chi connectivity index (χ0) is 4.99. The van der Waals surface area contributed by atoms with Crippen LogP contribution in [-0.2, 0) is 4.79 Å². The molecule has 4 heteroatoms. The van der Waals surface area contributed by atoms with Crippen molar-refractivity contribution in [2.24, 2.45) is 0 Å². The van der Waals surface area contributed by atoms with Crippen LogP contribution < -0.4 is 18.9 Å². The van der Waals surface area contributed by atoms with E-state index in [0.29, 0.717) is 5.75 Å². The first kappa shape index (κ1) is 10.4. The van der Waals surface area contributed by atoms with Gasteiger partial charge >= 0.3 is 24.8 Å². The summed E-state index contributed by atoms with van der Waals surface area (Å²) in [6, 6.07) is 0. The van der Waals surface area contributed by atoms with Crippen molar-refractivity contribution in [3.63, 3.8) is 0 Å². The van der Waals surface area contributed by atoms with Crippen LogP contribution in [0.1, 0.15) is 7.85 Å². The molecular formula is C3H7LiO2S.